The van der Waals surface area contributed by atoms with Gasteiger partial charge in [-0.15, -0.1) is 10.2 Å². The average Bonchev–Trinajstić information content (AvgIpc) is 3.13. The van der Waals surface area contributed by atoms with Gasteiger partial charge in [-0.1, -0.05) is 23.4 Å². The Kier molecular flexibility index (Phi) is 4.82. The second-order valence-corrected chi connectivity index (χ2v) is 6.27. The van der Waals surface area contributed by atoms with Crippen LogP contribution in [-0.2, 0) is 4.79 Å². The molecule has 0 atom stereocenters. The molecule has 1 aliphatic heterocycles. The number of benzene rings is 1. The van der Waals surface area contributed by atoms with Crippen molar-refractivity contribution in [3.8, 4) is 11.5 Å². The number of thioether (sulfide) groups is 1. The topological polar surface area (TPSA) is 88.3 Å². The number of rotatable bonds is 6. The Labute approximate surface area is 141 Å². The lowest BCUT2D eigenvalue weighted by atomic mass is 10.2. The molecule has 1 fully saturated rings. The Morgan fingerprint density at radius 3 is 2.74 bits per heavy atom. The molecule has 1 aliphatic rings. The Morgan fingerprint density at radius 1 is 1.26 bits per heavy atom. The molecule has 0 spiro atoms. The number of imide groups is 1. The normalized spacial score (nSPS) is 14.4. The molecule has 0 aliphatic carbocycles. The van der Waals surface area contributed by atoms with Crippen molar-refractivity contribution < 1.29 is 14.0 Å². The van der Waals surface area contributed by atoms with E-state index in [1.165, 1.54) is 16.7 Å². The lowest BCUT2D eigenvalue weighted by molar-refractivity contribution is -0.124. The number of aromatic nitrogens is 2. The van der Waals surface area contributed by atoms with E-state index in [0.29, 0.717) is 34.9 Å². The lowest BCUT2D eigenvalue weighted by Crippen LogP contribution is -2.32. The molecule has 23 heavy (non-hydrogen) atoms. The van der Waals surface area contributed by atoms with E-state index >= 15 is 0 Å². The van der Waals surface area contributed by atoms with Crippen LogP contribution in [0.15, 0.2) is 33.9 Å². The Balaban J connectivity index is 1.49. The van der Waals surface area contributed by atoms with Gasteiger partial charge in [0, 0.05) is 22.9 Å². The molecule has 3 rings (SSSR count). The summed E-state index contributed by atoms with van der Waals surface area (Å²) in [5.74, 6) is 0.903. The molecule has 2 heterocycles. The molecule has 2 aromatic rings. The van der Waals surface area contributed by atoms with Crippen LogP contribution in [0.4, 0.5) is 4.79 Å². The average molecular weight is 353 g/mol. The molecule has 1 saturated heterocycles. The molecule has 9 heteroatoms. The highest BCUT2D eigenvalue weighted by molar-refractivity contribution is 7.99. The molecule has 1 aromatic carbocycles. The van der Waals surface area contributed by atoms with Gasteiger partial charge < -0.3 is 9.73 Å². The van der Waals surface area contributed by atoms with Gasteiger partial charge in [-0.3, -0.25) is 9.69 Å². The highest BCUT2D eigenvalue weighted by Gasteiger charge is 2.27. The highest BCUT2D eigenvalue weighted by atomic mass is 35.5. The third kappa shape index (κ3) is 3.83. The smallest absolute Gasteiger partial charge is 0.324 e. The monoisotopic (exact) mass is 352 g/mol. The quantitative estimate of drug-likeness (QED) is 0.488. The van der Waals surface area contributed by atoms with Crippen LogP contribution in [-0.4, -0.2) is 45.9 Å². The molecular weight excluding hydrogens is 340 g/mol. The van der Waals surface area contributed by atoms with Crippen LogP contribution < -0.4 is 5.32 Å². The fraction of sp³-hybridized carbons (Fsp3) is 0.286. The summed E-state index contributed by atoms with van der Waals surface area (Å²) in [5.41, 5.74) is 0.799. The van der Waals surface area contributed by atoms with Gasteiger partial charge in [0.05, 0.1) is 6.54 Å². The van der Waals surface area contributed by atoms with Gasteiger partial charge in [-0.2, -0.15) is 0 Å². The van der Waals surface area contributed by atoms with E-state index < -0.39 is 0 Å². The van der Waals surface area contributed by atoms with Gasteiger partial charge in [0.1, 0.15) is 0 Å². The fourth-order valence-electron chi connectivity index (χ4n) is 2.04. The zero-order valence-corrected chi connectivity index (χ0v) is 13.6. The maximum atomic E-state index is 11.4. The second kappa shape index (κ2) is 7.01. The van der Waals surface area contributed by atoms with Crippen LogP contribution in [0, 0.1) is 0 Å². The third-order valence-corrected chi connectivity index (χ3v) is 4.34. The summed E-state index contributed by atoms with van der Waals surface area (Å²) in [6.45, 7) is 0.468. The van der Waals surface area contributed by atoms with E-state index in [1.54, 1.807) is 12.1 Å². The molecule has 1 N–H and O–H groups in total. The predicted molar refractivity (Wildman–Crippen MR) is 85.2 cm³/mol. The minimum Gasteiger partial charge on any atom is -0.411 e. The maximum Gasteiger partial charge on any atom is 0.324 e. The van der Waals surface area contributed by atoms with E-state index in [2.05, 4.69) is 15.5 Å². The zero-order chi connectivity index (χ0) is 16.2. The highest BCUT2D eigenvalue weighted by Crippen LogP contribution is 2.24. The van der Waals surface area contributed by atoms with Crippen LogP contribution in [0.3, 0.4) is 0 Å². The van der Waals surface area contributed by atoms with Crippen molar-refractivity contribution in [3.05, 3.63) is 29.3 Å². The van der Waals surface area contributed by atoms with Crippen molar-refractivity contribution in [1.29, 1.82) is 0 Å². The SMILES string of the molecule is O=C1CNC(=O)N1CCCSc1nnc(-c2ccc(Cl)cc2)o1. The van der Waals surface area contributed by atoms with Crippen LogP contribution in [0.25, 0.3) is 11.5 Å². The van der Waals surface area contributed by atoms with Crippen molar-refractivity contribution in [3.63, 3.8) is 0 Å². The van der Waals surface area contributed by atoms with E-state index in [9.17, 15) is 9.59 Å². The molecule has 0 radical (unpaired) electrons. The summed E-state index contributed by atoms with van der Waals surface area (Å²) in [7, 11) is 0. The summed E-state index contributed by atoms with van der Waals surface area (Å²) in [5, 5.41) is 11.5. The van der Waals surface area contributed by atoms with E-state index in [1.807, 2.05) is 12.1 Å². The maximum absolute atomic E-state index is 11.4. The zero-order valence-electron chi connectivity index (χ0n) is 12.0. The number of urea groups is 1. The number of amides is 3. The van der Waals surface area contributed by atoms with Gasteiger partial charge in [0.2, 0.25) is 11.8 Å². The first-order valence-corrected chi connectivity index (χ1v) is 8.30. The molecule has 3 amide bonds. The standard InChI is InChI=1S/C14H13ClN4O3S/c15-10-4-2-9(3-5-10)12-17-18-14(22-12)23-7-1-6-19-11(20)8-16-13(19)21/h2-5H,1,6-8H2,(H,16,21). The minimum absolute atomic E-state index is 0.0834. The van der Waals surface area contributed by atoms with Crippen molar-refractivity contribution in [2.45, 2.75) is 11.6 Å². The largest absolute Gasteiger partial charge is 0.411 e. The van der Waals surface area contributed by atoms with Gasteiger partial charge in [-0.05, 0) is 30.7 Å². The van der Waals surface area contributed by atoms with Gasteiger partial charge in [-0.25, -0.2) is 4.79 Å². The van der Waals surface area contributed by atoms with E-state index in [0.717, 1.165) is 5.56 Å². The Morgan fingerprint density at radius 2 is 2.04 bits per heavy atom. The van der Waals surface area contributed by atoms with Gasteiger partial charge in [0.25, 0.3) is 5.22 Å². The van der Waals surface area contributed by atoms with Gasteiger partial charge >= 0.3 is 6.03 Å². The van der Waals surface area contributed by atoms with Crippen molar-refractivity contribution in [2.75, 3.05) is 18.8 Å². The van der Waals surface area contributed by atoms with Crippen molar-refractivity contribution >= 4 is 35.3 Å². The van der Waals surface area contributed by atoms with Crippen molar-refractivity contribution in [1.82, 2.24) is 20.4 Å². The molecular formula is C14H13ClN4O3S. The predicted octanol–water partition coefficient (Wildman–Crippen LogP) is 2.42. The van der Waals surface area contributed by atoms with Crippen molar-refractivity contribution in [2.24, 2.45) is 0 Å². The second-order valence-electron chi connectivity index (χ2n) is 4.79. The first-order valence-electron chi connectivity index (χ1n) is 6.94. The molecule has 1 aromatic heterocycles. The fourth-order valence-corrected chi connectivity index (χ4v) is 2.85. The molecule has 0 saturated carbocycles. The Bertz CT molecular complexity index is 703. The number of hydrogen-bond acceptors (Lipinski definition) is 6. The minimum atomic E-state index is -0.331. The number of carbonyl (C=O) groups excluding carboxylic acids is 2. The van der Waals surface area contributed by atoms with Gasteiger partial charge in [0.15, 0.2) is 0 Å². The molecule has 0 bridgehead atoms. The number of nitrogens with zero attached hydrogens (tertiary/aromatic N) is 3. The number of carbonyl (C=O) groups is 2. The van der Waals surface area contributed by atoms with Crippen LogP contribution in [0.5, 0.6) is 0 Å². The van der Waals surface area contributed by atoms with Crippen LogP contribution >= 0.6 is 23.4 Å². The van der Waals surface area contributed by atoms with E-state index in [-0.39, 0.29) is 18.5 Å². The summed E-state index contributed by atoms with van der Waals surface area (Å²) >= 11 is 7.22. The molecule has 120 valence electrons. The Hall–Kier alpha value is -2.06. The third-order valence-electron chi connectivity index (χ3n) is 3.19. The number of hydrogen-bond donors (Lipinski definition) is 1. The molecule has 0 unspecified atom stereocenters. The first-order chi connectivity index (χ1) is 11.1. The van der Waals surface area contributed by atoms with Crippen LogP contribution in [0.1, 0.15) is 6.42 Å². The summed E-state index contributed by atoms with van der Waals surface area (Å²) < 4.78 is 5.56. The summed E-state index contributed by atoms with van der Waals surface area (Å²) in [6, 6.07) is 6.80. The summed E-state index contributed by atoms with van der Waals surface area (Å²) in [6.07, 6.45) is 0.655. The number of nitrogens with one attached hydrogen (secondary N) is 1. The molecule has 7 nitrogen and oxygen atoms in total. The summed E-state index contributed by atoms with van der Waals surface area (Å²) in [4.78, 5) is 24.0. The first kappa shape index (κ1) is 15.8. The van der Waals surface area contributed by atoms with E-state index in [4.69, 9.17) is 16.0 Å². The lowest BCUT2D eigenvalue weighted by Gasteiger charge is -2.10. The number of halogens is 1. The van der Waals surface area contributed by atoms with Crippen LogP contribution in [0.2, 0.25) is 5.02 Å².